The third-order valence-electron chi connectivity index (χ3n) is 4.29. The van der Waals surface area contributed by atoms with Crippen LogP contribution in [0.3, 0.4) is 0 Å². The van der Waals surface area contributed by atoms with Crippen molar-refractivity contribution in [2.75, 3.05) is 25.0 Å². The molecule has 1 atom stereocenters. The Hall–Kier alpha value is -1.88. The number of piperidine rings is 1. The molecule has 2 N–H and O–H groups in total. The Morgan fingerprint density at radius 1 is 1.30 bits per heavy atom. The minimum absolute atomic E-state index is 0.0493. The summed E-state index contributed by atoms with van der Waals surface area (Å²) in [6.07, 6.45) is 4.03. The standard InChI is InChI=1S/C18H26N2O3/c1-2-4-17(21)19-16-8-6-14(7-9-16)10-12-20-11-3-5-15(13-20)18(22)23/h6-9,15H,2-5,10-13H2,1H3,(H,19,21)(H,22,23). The van der Waals surface area contributed by atoms with Gasteiger partial charge in [0.2, 0.25) is 5.91 Å². The molecule has 0 spiro atoms. The minimum atomic E-state index is -0.679. The van der Waals surface area contributed by atoms with Crippen molar-refractivity contribution in [2.45, 2.75) is 39.0 Å². The van der Waals surface area contributed by atoms with Gasteiger partial charge in [-0.25, -0.2) is 0 Å². The number of anilines is 1. The van der Waals surface area contributed by atoms with Crippen LogP contribution in [0.1, 0.15) is 38.2 Å². The lowest BCUT2D eigenvalue weighted by Crippen LogP contribution is -2.39. The highest BCUT2D eigenvalue weighted by atomic mass is 16.4. The number of likely N-dealkylation sites (tertiary alicyclic amines) is 1. The smallest absolute Gasteiger partial charge is 0.307 e. The predicted octanol–water partition coefficient (Wildman–Crippen LogP) is 2.76. The average molecular weight is 318 g/mol. The van der Waals surface area contributed by atoms with Crippen molar-refractivity contribution >= 4 is 17.6 Å². The number of carbonyl (C=O) groups is 2. The number of carboxylic acid groups (broad SMARTS) is 1. The summed E-state index contributed by atoms with van der Waals surface area (Å²) in [6.45, 7) is 4.50. The topological polar surface area (TPSA) is 69.6 Å². The Morgan fingerprint density at radius 3 is 2.70 bits per heavy atom. The Bertz CT molecular complexity index is 528. The van der Waals surface area contributed by atoms with E-state index >= 15 is 0 Å². The molecule has 1 aliphatic heterocycles. The molecule has 1 fully saturated rings. The summed E-state index contributed by atoms with van der Waals surface area (Å²) in [7, 11) is 0. The van der Waals surface area contributed by atoms with Crippen LogP contribution in [0.4, 0.5) is 5.69 Å². The highest BCUT2D eigenvalue weighted by Crippen LogP contribution is 2.17. The number of hydrogen-bond acceptors (Lipinski definition) is 3. The number of carbonyl (C=O) groups excluding carboxylic acids is 1. The summed E-state index contributed by atoms with van der Waals surface area (Å²) in [4.78, 5) is 24.9. The lowest BCUT2D eigenvalue weighted by molar-refractivity contribution is -0.143. The first-order valence-electron chi connectivity index (χ1n) is 8.42. The van der Waals surface area contributed by atoms with Gasteiger partial charge in [-0.3, -0.25) is 9.59 Å². The average Bonchev–Trinajstić information content (AvgIpc) is 2.54. The third kappa shape index (κ3) is 5.67. The fourth-order valence-corrected chi connectivity index (χ4v) is 2.95. The van der Waals surface area contributed by atoms with Crippen LogP contribution in [-0.2, 0) is 16.0 Å². The second kappa shape index (κ2) is 8.67. The van der Waals surface area contributed by atoms with Crippen LogP contribution in [-0.4, -0.2) is 41.5 Å². The van der Waals surface area contributed by atoms with Crippen molar-refractivity contribution in [3.8, 4) is 0 Å². The molecule has 5 heteroatoms. The summed E-state index contributed by atoms with van der Waals surface area (Å²) >= 11 is 0. The van der Waals surface area contributed by atoms with E-state index in [-0.39, 0.29) is 11.8 Å². The predicted molar refractivity (Wildman–Crippen MR) is 90.5 cm³/mol. The zero-order valence-electron chi connectivity index (χ0n) is 13.8. The van der Waals surface area contributed by atoms with E-state index in [0.717, 1.165) is 44.5 Å². The summed E-state index contributed by atoms with van der Waals surface area (Å²) in [5.74, 6) is -0.852. The molecule has 1 aromatic carbocycles. The molecule has 23 heavy (non-hydrogen) atoms. The van der Waals surface area contributed by atoms with Gasteiger partial charge < -0.3 is 15.3 Å². The van der Waals surface area contributed by atoms with E-state index in [9.17, 15) is 9.59 Å². The summed E-state index contributed by atoms with van der Waals surface area (Å²) in [5.41, 5.74) is 2.03. The Labute approximate surface area is 137 Å². The molecule has 5 nitrogen and oxygen atoms in total. The van der Waals surface area contributed by atoms with Gasteiger partial charge in [-0.1, -0.05) is 19.1 Å². The highest BCUT2D eigenvalue weighted by Gasteiger charge is 2.24. The Morgan fingerprint density at radius 2 is 2.04 bits per heavy atom. The van der Waals surface area contributed by atoms with E-state index in [2.05, 4.69) is 10.2 Å². The summed E-state index contributed by atoms with van der Waals surface area (Å²) in [6, 6.07) is 7.92. The van der Waals surface area contributed by atoms with Crippen molar-refractivity contribution in [1.29, 1.82) is 0 Å². The van der Waals surface area contributed by atoms with Gasteiger partial charge in [-0.05, 0) is 49.9 Å². The first kappa shape index (κ1) is 17.5. The van der Waals surface area contributed by atoms with Crippen LogP contribution in [0.25, 0.3) is 0 Å². The lowest BCUT2D eigenvalue weighted by Gasteiger charge is -2.30. The number of aliphatic carboxylic acids is 1. The van der Waals surface area contributed by atoms with Crippen LogP contribution in [0, 0.1) is 5.92 Å². The first-order valence-corrected chi connectivity index (χ1v) is 8.42. The van der Waals surface area contributed by atoms with Gasteiger partial charge in [0.15, 0.2) is 0 Å². The van der Waals surface area contributed by atoms with E-state index in [4.69, 9.17) is 5.11 Å². The number of nitrogens with zero attached hydrogens (tertiary/aromatic N) is 1. The SMILES string of the molecule is CCCC(=O)Nc1ccc(CCN2CCCC(C(=O)O)C2)cc1. The second-order valence-corrected chi connectivity index (χ2v) is 6.22. The molecule has 0 bridgehead atoms. The Kier molecular flexibility index (Phi) is 6.59. The minimum Gasteiger partial charge on any atom is -0.481 e. The van der Waals surface area contributed by atoms with Gasteiger partial charge in [0.1, 0.15) is 0 Å². The van der Waals surface area contributed by atoms with Crippen molar-refractivity contribution in [1.82, 2.24) is 4.90 Å². The van der Waals surface area contributed by atoms with E-state index in [0.29, 0.717) is 13.0 Å². The van der Waals surface area contributed by atoms with Crippen molar-refractivity contribution < 1.29 is 14.7 Å². The summed E-state index contributed by atoms with van der Waals surface area (Å²) < 4.78 is 0. The van der Waals surface area contributed by atoms with E-state index in [1.807, 2.05) is 31.2 Å². The first-order chi connectivity index (χ1) is 11.1. The van der Waals surface area contributed by atoms with E-state index in [1.54, 1.807) is 0 Å². The molecular formula is C18H26N2O3. The molecule has 1 saturated heterocycles. The number of nitrogens with one attached hydrogen (secondary N) is 1. The van der Waals surface area contributed by atoms with Gasteiger partial charge in [0, 0.05) is 25.2 Å². The second-order valence-electron chi connectivity index (χ2n) is 6.22. The van der Waals surface area contributed by atoms with Gasteiger partial charge in [0.05, 0.1) is 5.92 Å². The fourth-order valence-electron chi connectivity index (χ4n) is 2.95. The Balaban J connectivity index is 1.79. The number of benzene rings is 1. The van der Waals surface area contributed by atoms with Gasteiger partial charge in [0.25, 0.3) is 0 Å². The molecule has 0 radical (unpaired) electrons. The molecule has 1 unspecified atom stereocenters. The molecule has 2 rings (SSSR count). The molecule has 126 valence electrons. The maximum Gasteiger partial charge on any atom is 0.307 e. The normalized spacial score (nSPS) is 18.6. The lowest BCUT2D eigenvalue weighted by atomic mass is 9.98. The van der Waals surface area contributed by atoms with Crippen LogP contribution in [0.15, 0.2) is 24.3 Å². The summed E-state index contributed by atoms with van der Waals surface area (Å²) in [5, 5.41) is 12.0. The van der Waals surface area contributed by atoms with Gasteiger partial charge in [-0.15, -0.1) is 0 Å². The largest absolute Gasteiger partial charge is 0.481 e. The molecule has 1 aromatic rings. The van der Waals surface area contributed by atoms with Crippen molar-refractivity contribution in [2.24, 2.45) is 5.92 Å². The molecule has 0 saturated carbocycles. The molecule has 1 heterocycles. The monoisotopic (exact) mass is 318 g/mol. The van der Waals surface area contributed by atoms with E-state index in [1.165, 1.54) is 5.56 Å². The zero-order chi connectivity index (χ0) is 16.7. The molecule has 0 aromatic heterocycles. The van der Waals surface area contributed by atoms with Crippen LogP contribution in [0.5, 0.6) is 0 Å². The third-order valence-corrected chi connectivity index (χ3v) is 4.29. The van der Waals surface area contributed by atoms with Crippen molar-refractivity contribution in [3.05, 3.63) is 29.8 Å². The maximum atomic E-state index is 11.5. The van der Waals surface area contributed by atoms with Crippen LogP contribution in [0.2, 0.25) is 0 Å². The number of hydrogen-bond donors (Lipinski definition) is 2. The van der Waals surface area contributed by atoms with Gasteiger partial charge >= 0.3 is 5.97 Å². The molecule has 1 aliphatic rings. The van der Waals surface area contributed by atoms with Crippen LogP contribution >= 0.6 is 0 Å². The highest BCUT2D eigenvalue weighted by molar-refractivity contribution is 5.90. The number of amides is 1. The molecular weight excluding hydrogens is 292 g/mol. The molecule has 1 amide bonds. The zero-order valence-corrected chi connectivity index (χ0v) is 13.8. The van der Waals surface area contributed by atoms with Crippen LogP contribution < -0.4 is 5.32 Å². The van der Waals surface area contributed by atoms with E-state index < -0.39 is 5.97 Å². The van der Waals surface area contributed by atoms with Gasteiger partial charge in [-0.2, -0.15) is 0 Å². The maximum absolute atomic E-state index is 11.5. The number of carboxylic acids is 1. The number of rotatable bonds is 7. The fraction of sp³-hybridized carbons (Fsp3) is 0.556. The quantitative estimate of drug-likeness (QED) is 0.811. The molecule has 0 aliphatic carbocycles. The van der Waals surface area contributed by atoms with Crippen molar-refractivity contribution in [3.63, 3.8) is 0 Å².